The van der Waals surface area contributed by atoms with Crippen LogP contribution in [0.3, 0.4) is 0 Å². The van der Waals surface area contributed by atoms with Crippen molar-refractivity contribution >= 4 is 64.7 Å². The van der Waals surface area contributed by atoms with Crippen molar-refractivity contribution in [1.29, 1.82) is 0 Å². The van der Waals surface area contributed by atoms with Gasteiger partial charge in [0.2, 0.25) is 0 Å². The Kier molecular flexibility index (Phi) is 4.12. The third-order valence-electron chi connectivity index (χ3n) is 5.61. The lowest BCUT2D eigenvalue weighted by Gasteiger charge is -2.09. The van der Waals surface area contributed by atoms with Gasteiger partial charge in [-0.25, -0.2) is 0 Å². The van der Waals surface area contributed by atoms with Gasteiger partial charge in [-0.15, -0.1) is 0 Å². The first-order chi connectivity index (χ1) is 14.7. The third-order valence-corrected chi connectivity index (χ3v) is 6.60. The van der Waals surface area contributed by atoms with Crippen molar-refractivity contribution in [3.63, 3.8) is 0 Å². The average Bonchev–Trinajstić information content (AvgIpc) is 3.27. The Morgan fingerprint density at radius 1 is 0.467 bits per heavy atom. The highest BCUT2D eigenvalue weighted by Gasteiger charge is 2.22. The summed E-state index contributed by atoms with van der Waals surface area (Å²) in [5, 5.41) is 2.44. The number of hydrogen-bond acceptors (Lipinski definition) is 0. The monoisotopic (exact) mass is 514 g/mol. The summed E-state index contributed by atoms with van der Waals surface area (Å²) in [6.45, 7) is 0. The Balaban J connectivity index is 1.93. The molecule has 2 heterocycles. The van der Waals surface area contributed by atoms with Crippen LogP contribution in [0.1, 0.15) is 0 Å². The predicted octanol–water partition coefficient (Wildman–Crippen LogP) is 8.25. The van der Waals surface area contributed by atoms with Crippen molar-refractivity contribution in [2.45, 2.75) is 0 Å². The van der Waals surface area contributed by atoms with Gasteiger partial charge < -0.3 is 9.13 Å². The second-order valence-electron chi connectivity index (χ2n) is 7.36. The average molecular weight is 516 g/mol. The van der Waals surface area contributed by atoms with Gasteiger partial charge in [0.05, 0.1) is 22.1 Å². The molecule has 0 bridgehead atoms. The highest BCUT2D eigenvalue weighted by molar-refractivity contribution is 9.10. The van der Waals surface area contributed by atoms with Crippen LogP contribution >= 0.6 is 31.9 Å². The van der Waals surface area contributed by atoms with Crippen molar-refractivity contribution in [2.24, 2.45) is 0 Å². The lowest BCUT2D eigenvalue weighted by molar-refractivity contribution is 1.17. The van der Waals surface area contributed by atoms with Crippen LogP contribution in [0.15, 0.2) is 106 Å². The molecule has 6 aromatic rings. The summed E-state index contributed by atoms with van der Waals surface area (Å²) in [5.41, 5.74) is 7.14. The molecule has 2 nitrogen and oxygen atoms in total. The number of rotatable bonds is 2. The molecule has 0 unspecified atom stereocenters. The van der Waals surface area contributed by atoms with Crippen molar-refractivity contribution < 1.29 is 0 Å². The Morgan fingerprint density at radius 2 is 0.867 bits per heavy atom. The normalized spacial score (nSPS) is 11.7. The third kappa shape index (κ3) is 2.60. The minimum atomic E-state index is 1.08. The van der Waals surface area contributed by atoms with Crippen LogP contribution < -0.4 is 0 Å². The summed E-state index contributed by atoms with van der Waals surface area (Å²) in [5.74, 6) is 0. The van der Waals surface area contributed by atoms with Crippen LogP contribution in [0.25, 0.3) is 44.2 Å². The molecular formula is C26H16Br2N2. The van der Waals surface area contributed by atoms with E-state index in [1.54, 1.807) is 0 Å². The van der Waals surface area contributed by atoms with Gasteiger partial charge in [0.25, 0.3) is 0 Å². The van der Waals surface area contributed by atoms with Crippen LogP contribution in [0, 0.1) is 0 Å². The van der Waals surface area contributed by atoms with Gasteiger partial charge in [-0.3, -0.25) is 0 Å². The molecule has 30 heavy (non-hydrogen) atoms. The zero-order valence-electron chi connectivity index (χ0n) is 15.9. The molecule has 0 aliphatic rings. The van der Waals surface area contributed by atoms with E-state index >= 15 is 0 Å². The topological polar surface area (TPSA) is 9.86 Å². The van der Waals surface area contributed by atoms with Crippen LogP contribution in [-0.2, 0) is 0 Å². The minimum absolute atomic E-state index is 1.08. The van der Waals surface area contributed by atoms with E-state index in [1.165, 1.54) is 32.8 Å². The summed E-state index contributed by atoms with van der Waals surface area (Å²) in [6.07, 6.45) is 0. The fourth-order valence-electron chi connectivity index (χ4n) is 4.43. The van der Waals surface area contributed by atoms with Crippen molar-refractivity contribution in [3.05, 3.63) is 106 Å². The second kappa shape index (κ2) is 6.86. The van der Waals surface area contributed by atoms with E-state index in [9.17, 15) is 0 Å². The van der Waals surface area contributed by atoms with Crippen LogP contribution in [0.4, 0.5) is 0 Å². The lowest BCUT2D eigenvalue weighted by atomic mass is 10.2. The Hall–Kier alpha value is -2.82. The summed E-state index contributed by atoms with van der Waals surface area (Å²) in [7, 11) is 0. The van der Waals surface area contributed by atoms with Gasteiger partial charge in [-0.2, -0.15) is 0 Å². The molecule has 0 saturated carbocycles. The predicted molar refractivity (Wildman–Crippen MR) is 133 cm³/mol. The molecule has 0 saturated heterocycles. The molecule has 0 spiro atoms. The number of para-hydroxylation sites is 2. The molecule has 4 heteroatoms. The van der Waals surface area contributed by atoms with E-state index in [-0.39, 0.29) is 0 Å². The number of fused-ring (bicyclic) bond motifs is 5. The molecule has 2 aromatic heterocycles. The van der Waals surface area contributed by atoms with Gasteiger partial charge >= 0.3 is 0 Å². The van der Waals surface area contributed by atoms with Crippen molar-refractivity contribution in [1.82, 2.24) is 9.13 Å². The standard InChI is InChI=1S/C26H16Br2N2/c27-17-11-13-23-21(15-17)26-25(29(23)19-7-3-1-4-8-19)22-16-18(28)12-14-24(22)30(26)20-9-5-2-6-10-20/h1-16H. The van der Waals surface area contributed by atoms with E-state index in [2.05, 4.69) is 138 Å². The maximum absolute atomic E-state index is 3.69. The smallest absolute Gasteiger partial charge is 0.0804 e. The Morgan fingerprint density at radius 3 is 1.27 bits per heavy atom. The summed E-state index contributed by atoms with van der Waals surface area (Å²) < 4.78 is 6.91. The molecule has 0 atom stereocenters. The molecule has 144 valence electrons. The number of halogens is 2. The minimum Gasteiger partial charge on any atom is -0.307 e. The summed E-state index contributed by atoms with van der Waals surface area (Å²) >= 11 is 7.39. The summed E-state index contributed by atoms with van der Waals surface area (Å²) in [6, 6.07) is 34.3. The van der Waals surface area contributed by atoms with Crippen LogP contribution in [0.2, 0.25) is 0 Å². The largest absolute Gasteiger partial charge is 0.307 e. The molecular weight excluding hydrogens is 500 g/mol. The molecule has 0 aliphatic heterocycles. The molecule has 4 aromatic carbocycles. The Bertz CT molecular complexity index is 1430. The SMILES string of the molecule is Brc1ccc2c(c1)c1c(c3cc(Br)ccc3n1-c1ccccc1)n2-c1ccccc1. The molecule has 0 aliphatic carbocycles. The Labute approximate surface area is 190 Å². The maximum atomic E-state index is 3.69. The van der Waals surface area contributed by atoms with E-state index in [1.807, 2.05) is 0 Å². The van der Waals surface area contributed by atoms with Gasteiger partial charge in [-0.1, -0.05) is 68.3 Å². The highest BCUT2D eigenvalue weighted by Crippen LogP contribution is 2.42. The summed E-state index contributed by atoms with van der Waals surface area (Å²) in [4.78, 5) is 0. The second-order valence-corrected chi connectivity index (χ2v) is 9.19. The van der Waals surface area contributed by atoms with Gasteiger partial charge in [0.1, 0.15) is 0 Å². The van der Waals surface area contributed by atoms with E-state index < -0.39 is 0 Å². The highest BCUT2D eigenvalue weighted by atomic mass is 79.9. The van der Waals surface area contributed by atoms with Gasteiger partial charge in [-0.05, 0) is 60.7 Å². The fraction of sp³-hybridized carbons (Fsp3) is 0. The molecule has 6 rings (SSSR count). The number of benzene rings is 4. The van der Waals surface area contributed by atoms with Crippen molar-refractivity contribution in [2.75, 3.05) is 0 Å². The van der Waals surface area contributed by atoms with Gasteiger partial charge in [0.15, 0.2) is 0 Å². The zero-order chi connectivity index (χ0) is 20.2. The number of aromatic nitrogens is 2. The maximum Gasteiger partial charge on any atom is 0.0804 e. The van der Waals surface area contributed by atoms with Crippen LogP contribution in [-0.4, -0.2) is 9.13 Å². The molecule has 0 N–H and O–H groups in total. The van der Waals surface area contributed by atoms with Gasteiger partial charge in [0, 0.05) is 31.1 Å². The van der Waals surface area contributed by atoms with Crippen molar-refractivity contribution in [3.8, 4) is 11.4 Å². The van der Waals surface area contributed by atoms with E-state index in [0.29, 0.717) is 0 Å². The zero-order valence-corrected chi connectivity index (χ0v) is 19.1. The number of hydrogen-bond donors (Lipinski definition) is 0. The number of nitrogens with zero attached hydrogens (tertiary/aromatic N) is 2. The lowest BCUT2D eigenvalue weighted by Crippen LogP contribution is -1.93. The van der Waals surface area contributed by atoms with Crippen LogP contribution in [0.5, 0.6) is 0 Å². The quantitative estimate of drug-likeness (QED) is 0.219. The van der Waals surface area contributed by atoms with E-state index in [0.717, 1.165) is 20.3 Å². The molecule has 0 radical (unpaired) electrons. The molecule has 0 amide bonds. The van der Waals surface area contributed by atoms with E-state index in [4.69, 9.17) is 0 Å². The first-order valence-corrected chi connectivity index (χ1v) is 11.4. The molecule has 0 fully saturated rings. The first-order valence-electron chi connectivity index (χ1n) is 9.77. The first kappa shape index (κ1) is 18.0. The fourth-order valence-corrected chi connectivity index (χ4v) is 5.15.